The predicted molar refractivity (Wildman–Crippen MR) is 59.6 cm³/mol. The molecular formula is C11H11BrO3. The van der Waals surface area contributed by atoms with Crippen molar-refractivity contribution < 1.29 is 14.7 Å². The minimum atomic E-state index is -0.520. The fraction of sp³-hybridized carbons (Fsp3) is 0.273. The van der Waals surface area contributed by atoms with Crippen LogP contribution in [0.1, 0.15) is 12.0 Å². The zero-order chi connectivity index (χ0) is 11.3. The molecule has 0 aliphatic heterocycles. The summed E-state index contributed by atoms with van der Waals surface area (Å²) in [5.74, 6) is -0.982. The smallest absolute Gasteiger partial charge is 0.202 e. The number of ketones is 2. The molecule has 15 heavy (non-hydrogen) atoms. The van der Waals surface area contributed by atoms with Gasteiger partial charge in [0.1, 0.15) is 0 Å². The molecule has 0 bridgehead atoms. The van der Waals surface area contributed by atoms with Crippen molar-refractivity contribution in [3.05, 3.63) is 34.3 Å². The summed E-state index contributed by atoms with van der Waals surface area (Å²) in [5.41, 5.74) is 0.786. The van der Waals surface area contributed by atoms with Gasteiger partial charge in [0.2, 0.25) is 11.6 Å². The minimum absolute atomic E-state index is 0.0836. The topological polar surface area (TPSA) is 54.4 Å². The van der Waals surface area contributed by atoms with Crippen LogP contribution >= 0.6 is 15.9 Å². The van der Waals surface area contributed by atoms with E-state index in [-0.39, 0.29) is 19.4 Å². The monoisotopic (exact) mass is 270 g/mol. The molecule has 4 heteroatoms. The van der Waals surface area contributed by atoms with E-state index in [1.165, 1.54) is 0 Å². The van der Waals surface area contributed by atoms with Crippen LogP contribution in [0.5, 0.6) is 0 Å². The molecule has 1 aromatic rings. The van der Waals surface area contributed by atoms with E-state index >= 15 is 0 Å². The molecule has 3 nitrogen and oxygen atoms in total. The van der Waals surface area contributed by atoms with Crippen molar-refractivity contribution in [2.45, 2.75) is 12.8 Å². The van der Waals surface area contributed by atoms with E-state index in [0.717, 1.165) is 10.0 Å². The molecule has 1 N–H and O–H groups in total. The molecule has 0 fully saturated rings. The van der Waals surface area contributed by atoms with Crippen molar-refractivity contribution in [2.75, 3.05) is 6.61 Å². The quantitative estimate of drug-likeness (QED) is 0.826. The van der Waals surface area contributed by atoms with Crippen LogP contribution in [0.4, 0.5) is 0 Å². The second kappa shape index (κ2) is 5.78. The van der Waals surface area contributed by atoms with E-state index in [1.54, 1.807) is 6.07 Å². The number of benzene rings is 1. The number of carbonyl (C=O) groups is 2. The van der Waals surface area contributed by atoms with Crippen molar-refractivity contribution in [3.63, 3.8) is 0 Å². The van der Waals surface area contributed by atoms with Crippen molar-refractivity contribution in [2.24, 2.45) is 0 Å². The van der Waals surface area contributed by atoms with Crippen LogP contribution in [0, 0.1) is 0 Å². The molecule has 0 saturated heterocycles. The van der Waals surface area contributed by atoms with Crippen molar-refractivity contribution in [3.8, 4) is 0 Å². The Morgan fingerprint density at radius 3 is 2.47 bits per heavy atom. The highest BCUT2D eigenvalue weighted by Gasteiger charge is 2.14. The maximum absolute atomic E-state index is 11.4. The fourth-order valence-corrected chi connectivity index (χ4v) is 1.58. The van der Waals surface area contributed by atoms with E-state index in [9.17, 15) is 9.59 Å². The number of carbonyl (C=O) groups excluding carboxylic acids is 2. The highest BCUT2D eigenvalue weighted by atomic mass is 79.9. The molecular weight excluding hydrogens is 260 g/mol. The van der Waals surface area contributed by atoms with Crippen molar-refractivity contribution in [1.29, 1.82) is 0 Å². The molecule has 0 aromatic heterocycles. The van der Waals surface area contributed by atoms with Crippen LogP contribution in [-0.4, -0.2) is 23.3 Å². The molecule has 0 heterocycles. The van der Waals surface area contributed by atoms with E-state index in [1.807, 2.05) is 18.2 Å². The van der Waals surface area contributed by atoms with Gasteiger partial charge < -0.3 is 5.11 Å². The lowest BCUT2D eigenvalue weighted by Gasteiger charge is -2.02. The van der Waals surface area contributed by atoms with Crippen LogP contribution in [0.2, 0.25) is 0 Å². The Labute approximate surface area is 96.2 Å². The van der Waals surface area contributed by atoms with Gasteiger partial charge in [-0.05, 0) is 11.6 Å². The predicted octanol–water partition coefficient (Wildman–Crippen LogP) is 1.51. The Hall–Kier alpha value is -1.000. The largest absolute Gasteiger partial charge is 0.396 e. The number of Topliss-reactive ketones (excluding diaryl/α,β-unsaturated/α-hetero) is 2. The van der Waals surface area contributed by atoms with Gasteiger partial charge in [0, 0.05) is 17.3 Å². The summed E-state index contributed by atoms with van der Waals surface area (Å²) in [4.78, 5) is 22.5. The zero-order valence-electron chi connectivity index (χ0n) is 8.07. The van der Waals surface area contributed by atoms with Crippen molar-refractivity contribution in [1.82, 2.24) is 0 Å². The van der Waals surface area contributed by atoms with Gasteiger partial charge >= 0.3 is 0 Å². The first-order chi connectivity index (χ1) is 7.15. The molecule has 0 amide bonds. The molecule has 0 radical (unpaired) electrons. The van der Waals surface area contributed by atoms with E-state index in [2.05, 4.69) is 15.9 Å². The molecule has 0 saturated carbocycles. The number of hydrogen-bond acceptors (Lipinski definition) is 3. The first-order valence-corrected chi connectivity index (χ1v) is 5.34. The van der Waals surface area contributed by atoms with Crippen LogP contribution in [-0.2, 0) is 16.0 Å². The van der Waals surface area contributed by atoms with Gasteiger partial charge in [-0.25, -0.2) is 0 Å². The summed E-state index contributed by atoms with van der Waals surface area (Å²) in [6.45, 7) is -0.277. The Kier molecular flexibility index (Phi) is 4.65. The molecule has 0 unspecified atom stereocenters. The molecule has 1 rings (SSSR count). The lowest BCUT2D eigenvalue weighted by molar-refractivity contribution is -0.136. The van der Waals surface area contributed by atoms with E-state index in [4.69, 9.17) is 5.11 Å². The number of halogens is 1. The molecule has 80 valence electrons. The number of rotatable bonds is 5. The van der Waals surface area contributed by atoms with Crippen LogP contribution in [0.25, 0.3) is 0 Å². The highest BCUT2D eigenvalue weighted by molar-refractivity contribution is 9.10. The van der Waals surface area contributed by atoms with Gasteiger partial charge in [0.15, 0.2) is 0 Å². The Morgan fingerprint density at radius 2 is 1.87 bits per heavy atom. The van der Waals surface area contributed by atoms with Gasteiger partial charge in [-0.3, -0.25) is 9.59 Å². The average molecular weight is 271 g/mol. The summed E-state index contributed by atoms with van der Waals surface area (Å²) < 4.78 is 0.815. The van der Waals surface area contributed by atoms with E-state index < -0.39 is 11.6 Å². The third-order valence-corrected chi connectivity index (χ3v) is 2.73. The summed E-state index contributed by atoms with van der Waals surface area (Å²) >= 11 is 3.30. The summed E-state index contributed by atoms with van der Waals surface area (Å²) in [6.07, 6.45) is -0.0104. The van der Waals surface area contributed by atoms with Crippen LogP contribution in [0.3, 0.4) is 0 Å². The third kappa shape index (κ3) is 3.57. The van der Waals surface area contributed by atoms with Crippen LogP contribution in [0.15, 0.2) is 28.7 Å². The van der Waals surface area contributed by atoms with Crippen molar-refractivity contribution >= 4 is 27.5 Å². The number of aliphatic hydroxyl groups excluding tert-OH is 1. The first kappa shape index (κ1) is 12.1. The van der Waals surface area contributed by atoms with Gasteiger partial charge in [0.25, 0.3) is 0 Å². The summed E-state index contributed by atoms with van der Waals surface area (Å²) in [7, 11) is 0. The highest BCUT2D eigenvalue weighted by Crippen LogP contribution is 2.16. The average Bonchev–Trinajstić information content (AvgIpc) is 2.21. The summed E-state index contributed by atoms with van der Waals surface area (Å²) in [5, 5.41) is 8.52. The minimum Gasteiger partial charge on any atom is -0.396 e. The second-order valence-corrected chi connectivity index (χ2v) is 3.94. The molecule has 0 aliphatic carbocycles. The van der Waals surface area contributed by atoms with Gasteiger partial charge in [-0.15, -0.1) is 0 Å². The number of aliphatic hydroxyl groups is 1. The standard InChI is InChI=1S/C11H11BrO3/c12-9-4-2-1-3-8(9)7-11(15)10(14)5-6-13/h1-4,13H,5-7H2. The fourth-order valence-electron chi connectivity index (χ4n) is 1.15. The van der Waals surface area contributed by atoms with E-state index in [0.29, 0.717) is 0 Å². The normalized spacial score (nSPS) is 10.0. The third-order valence-electron chi connectivity index (χ3n) is 1.96. The lowest BCUT2D eigenvalue weighted by atomic mass is 10.1. The Balaban J connectivity index is 2.67. The SMILES string of the molecule is O=C(CCO)C(=O)Cc1ccccc1Br. The number of hydrogen-bond donors (Lipinski definition) is 1. The molecule has 0 atom stereocenters. The Bertz CT molecular complexity index is 374. The van der Waals surface area contributed by atoms with Gasteiger partial charge in [-0.2, -0.15) is 0 Å². The molecule has 0 spiro atoms. The summed E-state index contributed by atoms with van der Waals surface area (Å²) in [6, 6.07) is 7.25. The molecule has 1 aromatic carbocycles. The maximum atomic E-state index is 11.4. The molecule has 0 aliphatic rings. The first-order valence-electron chi connectivity index (χ1n) is 4.55. The van der Waals surface area contributed by atoms with Gasteiger partial charge in [-0.1, -0.05) is 34.1 Å². The second-order valence-electron chi connectivity index (χ2n) is 3.09. The zero-order valence-corrected chi connectivity index (χ0v) is 9.66. The maximum Gasteiger partial charge on any atom is 0.202 e. The van der Waals surface area contributed by atoms with Gasteiger partial charge in [0.05, 0.1) is 6.61 Å². The van der Waals surface area contributed by atoms with Crippen LogP contribution < -0.4 is 0 Å². The Morgan fingerprint density at radius 1 is 1.20 bits per heavy atom. The lowest BCUT2D eigenvalue weighted by Crippen LogP contribution is -2.17.